The van der Waals surface area contributed by atoms with Crippen molar-refractivity contribution in [2.24, 2.45) is 0 Å². The molecule has 0 bridgehead atoms. The van der Waals surface area contributed by atoms with Gasteiger partial charge in [-0.3, -0.25) is 0 Å². The Balaban J connectivity index is 4.57. The van der Waals surface area contributed by atoms with E-state index in [1.165, 1.54) is 154 Å². The molecule has 0 fully saturated rings. The first-order valence-electron chi connectivity index (χ1n) is 18.8. The maximum Gasteiger partial charge on any atom is 0.366 e. The van der Waals surface area contributed by atoms with Crippen molar-refractivity contribution in [3.8, 4) is 0 Å². The summed E-state index contributed by atoms with van der Waals surface area (Å²) in [6.07, 6.45) is 38.4. The van der Waals surface area contributed by atoms with E-state index < -0.39 is 16.4 Å². The lowest BCUT2D eigenvalue weighted by Crippen LogP contribution is -2.15. The lowest BCUT2D eigenvalue weighted by molar-refractivity contribution is 0.395. The largest absolute Gasteiger partial charge is 0.366 e. The number of hydrogen-bond acceptors (Lipinski definition) is 1. The maximum absolute atomic E-state index is 13.1. The molecule has 0 aromatic carbocycles. The average molecular weight is 621 g/mol. The van der Waals surface area contributed by atoms with Crippen molar-refractivity contribution in [2.75, 3.05) is 17.3 Å². The first-order valence-corrected chi connectivity index (χ1v) is 23.1. The van der Waals surface area contributed by atoms with Crippen LogP contribution in [-0.4, -0.2) is 27.0 Å². The molecule has 0 unspecified atom stereocenters. The molecule has 0 amide bonds. The molecule has 0 aliphatic heterocycles. The number of unbranched alkanes of at least 4 members (excludes halogenated alkanes) is 27. The van der Waals surface area contributed by atoms with Crippen molar-refractivity contribution in [1.82, 2.24) is 0 Å². The van der Waals surface area contributed by atoms with Crippen LogP contribution in [0.3, 0.4) is 0 Å². The normalized spacial score (nSPS) is 12.8. The quantitative estimate of drug-likeness (QED) is 0.0556. The van der Waals surface area contributed by atoms with Crippen LogP contribution >= 0.6 is 16.4 Å². The first kappa shape index (κ1) is 41.5. The van der Waals surface area contributed by atoms with Gasteiger partial charge in [0.05, 0.1) is 0 Å². The summed E-state index contributed by atoms with van der Waals surface area (Å²) in [5.74, 6) is 2.42. The third-order valence-electron chi connectivity index (χ3n) is 9.14. The van der Waals surface area contributed by atoms with Crippen LogP contribution in [-0.2, 0) is 4.57 Å². The molecule has 250 valence electrons. The zero-order chi connectivity index (χ0) is 30.3. The van der Waals surface area contributed by atoms with Gasteiger partial charge in [0.2, 0.25) is 0 Å². The summed E-state index contributed by atoms with van der Waals surface area (Å²) in [6.45, 7) is 2.76. The van der Waals surface area contributed by atoms with Crippen LogP contribution in [0.2, 0.25) is 0 Å². The smallest absolute Gasteiger partial charge is 0.318 e. The summed E-state index contributed by atoms with van der Waals surface area (Å²) < 4.78 is 13.1. The minimum Gasteiger partial charge on any atom is -0.318 e. The van der Waals surface area contributed by atoms with Gasteiger partial charge >= 0.3 is 6.80 Å². The van der Waals surface area contributed by atoms with Crippen molar-refractivity contribution < 1.29 is 14.4 Å². The van der Waals surface area contributed by atoms with Crippen molar-refractivity contribution in [2.45, 2.75) is 213 Å². The van der Waals surface area contributed by atoms with E-state index in [-0.39, 0.29) is 0 Å². The topological polar surface area (TPSA) is 57.5 Å². The van der Waals surface area contributed by atoms with Crippen molar-refractivity contribution in [1.29, 1.82) is 0 Å². The van der Waals surface area contributed by atoms with E-state index in [2.05, 4.69) is 20.8 Å². The molecule has 0 radical (unpaired) electrons. The Kier molecular flexibility index (Phi) is 30.9. The number of hydrogen-bond donors (Lipinski definition) is 2. The molecule has 0 saturated carbocycles. The van der Waals surface area contributed by atoms with Gasteiger partial charge in [-0.2, -0.15) is 0 Å². The summed E-state index contributed by atoms with van der Waals surface area (Å²) in [6, 6.07) is 0. The lowest BCUT2D eigenvalue weighted by atomic mass is 10.1. The lowest BCUT2D eigenvalue weighted by Gasteiger charge is -2.40. The standard InChI is InChI=1S/C36H77O3PS/c1-4-7-10-13-16-19-22-25-28-31-34-41(40(37,38)39,35-32-29-26-23-20-17-14-11-8-5-2)36-33-30-27-24-21-18-15-12-9-6-3/h4-36H2,1-3H3,(H2,37,38,39). The molecule has 0 aromatic rings. The van der Waals surface area contributed by atoms with Gasteiger partial charge in [-0.25, -0.2) is 4.57 Å². The van der Waals surface area contributed by atoms with Gasteiger partial charge in [0, 0.05) is 0 Å². The molecule has 0 spiro atoms. The van der Waals surface area contributed by atoms with E-state index in [9.17, 15) is 14.4 Å². The highest BCUT2D eigenvalue weighted by Gasteiger charge is 2.39. The van der Waals surface area contributed by atoms with Gasteiger partial charge in [0.1, 0.15) is 0 Å². The Bertz CT molecular complexity index is 505. The van der Waals surface area contributed by atoms with Crippen LogP contribution < -0.4 is 0 Å². The molecular weight excluding hydrogens is 543 g/mol. The Hall–Kier alpha value is 0.500. The highest BCUT2D eigenvalue weighted by atomic mass is 32.8. The van der Waals surface area contributed by atoms with E-state index in [0.717, 1.165) is 55.8 Å². The summed E-state index contributed by atoms with van der Waals surface area (Å²) in [4.78, 5) is 21.4. The van der Waals surface area contributed by atoms with Gasteiger partial charge in [0.15, 0.2) is 0 Å². The van der Waals surface area contributed by atoms with Crippen LogP contribution in [0.4, 0.5) is 0 Å². The molecule has 2 N–H and O–H groups in total. The molecule has 0 rings (SSSR count). The van der Waals surface area contributed by atoms with Gasteiger partial charge in [-0.05, 0) is 36.5 Å². The van der Waals surface area contributed by atoms with Crippen LogP contribution in [0, 0.1) is 0 Å². The van der Waals surface area contributed by atoms with E-state index in [0.29, 0.717) is 0 Å². The summed E-state index contributed by atoms with van der Waals surface area (Å²) >= 11 is 0. The average Bonchev–Trinajstić information content (AvgIpc) is 2.95. The van der Waals surface area contributed by atoms with Crippen LogP contribution in [0.1, 0.15) is 213 Å². The fraction of sp³-hybridized carbons (Fsp3) is 1.00. The molecule has 0 atom stereocenters. The van der Waals surface area contributed by atoms with Crippen LogP contribution in [0.5, 0.6) is 0 Å². The molecule has 0 heterocycles. The second-order valence-corrected chi connectivity index (χ2v) is 21.1. The first-order chi connectivity index (χ1) is 19.9. The van der Waals surface area contributed by atoms with Crippen molar-refractivity contribution >= 4 is 16.4 Å². The third-order valence-corrected chi connectivity index (χ3v) is 18.0. The highest BCUT2D eigenvalue weighted by Crippen LogP contribution is 2.78. The maximum atomic E-state index is 13.1. The number of rotatable bonds is 34. The molecule has 0 saturated heterocycles. The van der Waals surface area contributed by atoms with Gasteiger partial charge in [-0.15, -0.1) is 9.65 Å². The van der Waals surface area contributed by atoms with Crippen molar-refractivity contribution in [3.63, 3.8) is 0 Å². The van der Waals surface area contributed by atoms with E-state index in [1.807, 2.05) is 0 Å². The molecule has 3 nitrogen and oxygen atoms in total. The second kappa shape index (κ2) is 30.5. The van der Waals surface area contributed by atoms with Gasteiger partial charge in [-0.1, -0.05) is 194 Å². The Labute approximate surface area is 260 Å². The zero-order valence-corrected chi connectivity index (χ0v) is 30.2. The van der Waals surface area contributed by atoms with Crippen LogP contribution in [0.15, 0.2) is 0 Å². The minimum atomic E-state index is -4.05. The summed E-state index contributed by atoms with van der Waals surface area (Å²) in [5.41, 5.74) is 0. The molecule has 0 aromatic heterocycles. The van der Waals surface area contributed by atoms with Crippen molar-refractivity contribution in [3.05, 3.63) is 0 Å². The molecule has 0 aliphatic rings. The minimum absolute atomic E-state index is 0.808. The van der Waals surface area contributed by atoms with E-state index in [4.69, 9.17) is 0 Å². The SMILES string of the molecule is CCCCCCCCCCCCS(CCCCCCCCCCCC)(CCCCCCCCCCCC)P(=O)(O)O. The Morgan fingerprint density at radius 1 is 0.341 bits per heavy atom. The third kappa shape index (κ3) is 25.5. The zero-order valence-electron chi connectivity index (χ0n) is 28.5. The molecular formula is C36H77O3PS. The Morgan fingerprint density at radius 3 is 0.683 bits per heavy atom. The molecule has 0 aliphatic carbocycles. The van der Waals surface area contributed by atoms with Gasteiger partial charge in [0.25, 0.3) is 0 Å². The second-order valence-electron chi connectivity index (χ2n) is 13.1. The highest BCUT2D eigenvalue weighted by molar-refractivity contribution is 8.76. The molecule has 5 heteroatoms. The predicted molar refractivity (Wildman–Crippen MR) is 190 cm³/mol. The Morgan fingerprint density at radius 2 is 0.512 bits per heavy atom. The van der Waals surface area contributed by atoms with E-state index >= 15 is 0 Å². The van der Waals surface area contributed by atoms with Crippen LogP contribution in [0.25, 0.3) is 0 Å². The van der Waals surface area contributed by atoms with E-state index in [1.54, 1.807) is 0 Å². The monoisotopic (exact) mass is 621 g/mol. The summed E-state index contributed by atoms with van der Waals surface area (Å²) in [7, 11) is -1.87. The summed E-state index contributed by atoms with van der Waals surface area (Å²) in [5, 5.41) is 0. The fourth-order valence-corrected chi connectivity index (χ4v) is 13.1. The predicted octanol–water partition coefficient (Wildman–Crippen LogP) is 13.6. The van der Waals surface area contributed by atoms with Gasteiger partial charge < -0.3 is 9.79 Å². The molecule has 41 heavy (non-hydrogen) atoms. The fourth-order valence-electron chi connectivity index (χ4n) is 6.24.